The summed E-state index contributed by atoms with van der Waals surface area (Å²) in [6, 6.07) is 5.65. The van der Waals surface area contributed by atoms with E-state index >= 15 is 0 Å². The van der Waals surface area contributed by atoms with Gasteiger partial charge in [0.1, 0.15) is 5.52 Å². The maximum Gasteiger partial charge on any atom is 0.256 e. The first kappa shape index (κ1) is 12.4. The Morgan fingerprint density at radius 2 is 2.21 bits per heavy atom. The van der Waals surface area contributed by atoms with Crippen molar-refractivity contribution in [2.24, 2.45) is 0 Å². The second kappa shape index (κ2) is 5.13. The van der Waals surface area contributed by atoms with E-state index in [1.807, 2.05) is 23.1 Å². The summed E-state index contributed by atoms with van der Waals surface area (Å²) in [5, 5.41) is 0. The normalized spacial score (nSPS) is 19.0. The van der Waals surface area contributed by atoms with Crippen LogP contribution in [0.3, 0.4) is 0 Å². The van der Waals surface area contributed by atoms with Gasteiger partial charge in [0.15, 0.2) is 0 Å². The van der Waals surface area contributed by atoms with E-state index in [2.05, 4.69) is 9.97 Å². The van der Waals surface area contributed by atoms with Gasteiger partial charge in [0.25, 0.3) is 5.91 Å². The number of hydrogen-bond donors (Lipinski definition) is 0. The standard InChI is InChI=1S/C14H14ClN3O/c15-9-10-3-2-8-18(10)14(19)11-4-1-5-12-13(11)17-7-6-16-12/h1,4-7,10H,2-3,8-9H2. The molecule has 1 fully saturated rings. The number of amides is 1. The highest BCUT2D eigenvalue weighted by atomic mass is 35.5. The molecule has 1 aliphatic heterocycles. The summed E-state index contributed by atoms with van der Waals surface area (Å²) in [5.41, 5.74) is 2.02. The second-order valence-corrected chi connectivity index (χ2v) is 4.99. The molecule has 2 aromatic rings. The molecule has 98 valence electrons. The lowest BCUT2D eigenvalue weighted by molar-refractivity contribution is 0.0751. The number of hydrogen-bond acceptors (Lipinski definition) is 3. The van der Waals surface area contributed by atoms with E-state index in [4.69, 9.17) is 11.6 Å². The lowest BCUT2D eigenvalue weighted by Gasteiger charge is -2.23. The zero-order valence-electron chi connectivity index (χ0n) is 10.4. The summed E-state index contributed by atoms with van der Waals surface area (Å²) in [6.45, 7) is 0.771. The molecule has 1 aromatic heterocycles. The molecule has 4 nitrogen and oxygen atoms in total. The second-order valence-electron chi connectivity index (χ2n) is 4.68. The Morgan fingerprint density at radius 3 is 3.05 bits per heavy atom. The van der Waals surface area contributed by atoms with Crippen LogP contribution in [0.25, 0.3) is 11.0 Å². The molecule has 1 amide bonds. The maximum absolute atomic E-state index is 12.6. The zero-order chi connectivity index (χ0) is 13.2. The molecule has 2 heterocycles. The van der Waals surface area contributed by atoms with Gasteiger partial charge in [-0.25, -0.2) is 0 Å². The van der Waals surface area contributed by atoms with E-state index in [1.54, 1.807) is 12.4 Å². The molecule has 3 rings (SSSR count). The number of carbonyl (C=O) groups excluding carboxylic acids is 1. The molecule has 19 heavy (non-hydrogen) atoms. The highest BCUT2D eigenvalue weighted by molar-refractivity contribution is 6.18. The SMILES string of the molecule is O=C(c1cccc2nccnc12)N1CCCC1CCl. The van der Waals surface area contributed by atoms with E-state index in [0.717, 1.165) is 24.9 Å². The lowest BCUT2D eigenvalue weighted by Crippen LogP contribution is -2.36. The predicted octanol–water partition coefficient (Wildman–Crippen LogP) is 2.47. The largest absolute Gasteiger partial charge is 0.334 e. The van der Waals surface area contributed by atoms with Crippen LogP contribution in [0.15, 0.2) is 30.6 Å². The van der Waals surface area contributed by atoms with E-state index in [9.17, 15) is 4.79 Å². The van der Waals surface area contributed by atoms with Crippen LogP contribution in [0.1, 0.15) is 23.2 Å². The van der Waals surface area contributed by atoms with Crippen molar-refractivity contribution >= 4 is 28.5 Å². The van der Waals surface area contributed by atoms with Crippen LogP contribution < -0.4 is 0 Å². The van der Waals surface area contributed by atoms with Gasteiger partial charge in [-0.3, -0.25) is 14.8 Å². The van der Waals surface area contributed by atoms with E-state index in [-0.39, 0.29) is 11.9 Å². The summed E-state index contributed by atoms with van der Waals surface area (Å²) in [6.07, 6.45) is 5.24. The van der Waals surface area contributed by atoms with Gasteiger partial charge in [-0.2, -0.15) is 0 Å². The predicted molar refractivity (Wildman–Crippen MR) is 74.3 cm³/mol. The highest BCUT2D eigenvalue weighted by Crippen LogP contribution is 2.23. The van der Waals surface area contributed by atoms with Crippen LogP contribution in [-0.4, -0.2) is 39.2 Å². The van der Waals surface area contributed by atoms with Crippen LogP contribution in [-0.2, 0) is 0 Å². The molecule has 1 atom stereocenters. The van der Waals surface area contributed by atoms with Crippen molar-refractivity contribution in [2.75, 3.05) is 12.4 Å². The quantitative estimate of drug-likeness (QED) is 0.791. The molecule has 0 radical (unpaired) electrons. The molecule has 0 aliphatic carbocycles. The molecule has 0 saturated carbocycles. The number of halogens is 1. The Morgan fingerprint density at radius 1 is 1.37 bits per heavy atom. The average Bonchev–Trinajstić information content (AvgIpc) is 2.94. The first-order valence-corrected chi connectivity index (χ1v) is 6.91. The average molecular weight is 276 g/mol. The van der Waals surface area contributed by atoms with E-state index < -0.39 is 0 Å². The molecule has 0 N–H and O–H groups in total. The van der Waals surface area contributed by atoms with E-state index in [0.29, 0.717) is 17.0 Å². The maximum atomic E-state index is 12.6. The summed E-state index contributed by atoms with van der Waals surface area (Å²) in [5.74, 6) is 0.497. The van der Waals surface area contributed by atoms with Gasteiger partial charge in [-0.05, 0) is 25.0 Å². The summed E-state index contributed by atoms with van der Waals surface area (Å²) in [4.78, 5) is 23.0. The molecule has 1 aliphatic rings. The monoisotopic (exact) mass is 275 g/mol. The van der Waals surface area contributed by atoms with Crippen LogP contribution in [0.5, 0.6) is 0 Å². The number of rotatable bonds is 2. The lowest BCUT2D eigenvalue weighted by atomic mass is 10.1. The first-order chi connectivity index (χ1) is 9.31. The van der Waals surface area contributed by atoms with E-state index in [1.165, 1.54) is 0 Å². The highest BCUT2D eigenvalue weighted by Gasteiger charge is 2.29. The fourth-order valence-electron chi connectivity index (χ4n) is 2.58. The summed E-state index contributed by atoms with van der Waals surface area (Å²) in [7, 11) is 0. The van der Waals surface area contributed by atoms with Crippen molar-refractivity contribution in [1.82, 2.24) is 14.9 Å². The number of para-hydroxylation sites is 1. The van der Waals surface area contributed by atoms with Crippen molar-refractivity contribution in [2.45, 2.75) is 18.9 Å². The minimum absolute atomic E-state index is 0.00856. The number of carbonyl (C=O) groups is 1. The van der Waals surface area contributed by atoms with Crippen molar-refractivity contribution in [3.63, 3.8) is 0 Å². The molecule has 0 bridgehead atoms. The zero-order valence-corrected chi connectivity index (χ0v) is 11.2. The van der Waals surface area contributed by atoms with Gasteiger partial charge in [-0.15, -0.1) is 11.6 Å². The minimum Gasteiger partial charge on any atom is -0.334 e. The fourth-order valence-corrected chi connectivity index (χ4v) is 2.90. The van der Waals surface area contributed by atoms with Crippen LogP contribution in [0.2, 0.25) is 0 Å². The Bertz CT molecular complexity index is 611. The van der Waals surface area contributed by atoms with Crippen molar-refractivity contribution < 1.29 is 4.79 Å². The van der Waals surface area contributed by atoms with Crippen molar-refractivity contribution in [3.05, 3.63) is 36.2 Å². The Hall–Kier alpha value is -1.68. The number of benzene rings is 1. The Balaban J connectivity index is 2.02. The molecule has 1 aromatic carbocycles. The molecule has 5 heteroatoms. The van der Waals surface area contributed by atoms with Gasteiger partial charge in [0.05, 0.1) is 11.1 Å². The third-order valence-corrected chi connectivity index (χ3v) is 3.90. The number of nitrogens with zero attached hydrogens (tertiary/aromatic N) is 3. The Labute approximate surface area is 116 Å². The van der Waals surface area contributed by atoms with Crippen molar-refractivity contribution in [1.29, 1.82) is 0 Å². The summed E-state index contributed by atoms with van der Waals surface area (Å²) >= 11 is 5.93. The third kappa shape index (κ3) is 2.16. The number of likely N-dealkylation sites (tertiary alicyclic amines) is 1. The minimum atomic E-state index is 0.00856. The van der Waals surface area contributed by atoms with Crippen molar-refractivity contribution in [3.8, 4) is 0 Å². The van der Waals surface area contributed by atoms with Gasteiger partial charge in [-0.1, -0.05) is 6.07 Å². The van der Waals surface area contributed by atoms with Gasteiger partial charge >= 0.3 is 0 Å². The van der Waals surface area contributed by atoms with Gasteiger partial charge in [0.2, 0.25) is 0 Å². The smallest absolute Gasteiger partial charge is 0.256 e. The molecular formula is C14H14ClN3O. The number of alkyl halides is 1. The molecule has 0 spiro atoms. The number of aromatic nitrogens is 2. The van der Waals surface area contributed by atoms with Gasteiger partial charge < -0.3 is 4.90 Å². The molecular weight excluding hydrogens is 262 g/mol. The van der Waals surface area contributed by atoms with Gasteiger partial charge in [0, 0.05) is 30.9 Å². The molecule has 1 unspecified atom stereocenters. The third-order valence-electron chi connectivity index (χ3n) is 3.55. The first-order valence-electron chi connectivity index (χ1n) is 6.38. The molecule has 1 saturated heterocycles. The van der Waals surface area contributed by atoms with Crippen LogP contribution in [0.4, 0.5) is 0 Å². The summed E-state index contributed by atoms with van der Waals surface area (Å²) < 4.78 is 0. The Kier molecular flexibility index (Phi) is 3.34. The van der Waals surface area contributed by atoms with Crippen LogP contribution in [0, 0.1) is 0 Å². The fraction of sp³-hybridized carbons (Fsp3) is 0.357. The topological polar surface area (TPSA) is 46.1 Å². The number of fused-ring (bicyclic) bond motifs is 1. The van der Waals surface area contributed by atoms with Crippen LogP contribution >= 0.6 is 11.6 Å².